The van der Waals surface area contributed by atoms with Crippen LogP contribution in [0, 0.1) is 38.0 Å². The van der Waals surface area contributed by atoms with E-state index in [2.05, 4.69) is 86.3 Å². The number of aliphatic imine (C=N–C) groups is 1. The number of anilines is 1. The van der Waals surface area contributed by atoms with E-state index < -0.39 is 0 Å². The summed E-state index contributed by atoms with van der Waals surface area (Å²) in [6.07, 6.45) is 8.97. The molecule has 8 rings (SSSR count). The molecule has 2 fully saturated rings. The number of fused-ring (bicyclic) bond motifs is 3. The second kappa shape index (κ2) is 16.8. The molecule has 2 aromatic carbocycles. The van der Waals surface area contributed by atoms with E-state index >= 15 is 0 Å². The van der Waals surface area contributed by atoms with Gasteiger partial charge in [0.1, 0.15) is 28.7 Å². The lowest BCUT2D eigenvalue weighted by Gasteiger charge is -2.32. The molecule has 1 saturated heterocycles. The molecule has 3 aliphatic rings. The largest absolute Gasteiger partial charge is 0.490 e. The minimum Gasteiger partial charge on any atom is -0.490 e. The van der Waals surface area contributed by atoms with Crippen molar-refractivity contribution in [1.29, 1.82) is 5.26 Å². The Morgan fingerprint density at radius 1 is 0.965 bits per heavy atom. The summed E-state index contributed by atoms with van der Waals surface area (Å²) in [4.78, 5) is 21.8. The van der Waals surface area contributed by atoms with Crippen LogP contribution in [0.25, 0.3) is 5.00 Å². The highest BCUT2D eigenvalue weighted by Gasteiger charge is 2.30. The molecular weight excluding hydrogens is 754 g/mol. The number of carbonyl (C=O) groups excluding carboxylic acids is 1. The number of aromatic nitrogens is 5. The van der Waals surface area contributed by atoms with Crippen molar-refractivity contribution in [3.63, 3.8) is 0 Å². The second-order valence-corrected chi connectivity index (χ2v) is 17.3. The van der Waals surface area contributed by atoms with E-state index in [9.17, 15) is 4.79 Å². The van der Waals surface area contributed by atoms with Crippen molar-refractivity contribution in [3.05, 3.63) is 110 Å². The maximum atomic E-state index is 13.0. The topological polar surface area (TPSA) is 134 Å². The highest BCUT2D eigenvalue weighted by Crippen LogP contribution is 2.39. The standard InChI is InChI=1S/C44H48ClN9O2S/c1-26-28(3)57-44-40(26)41(47-27(2)42-52-49-29(4)54(42)44)32-10-8-30(9-11-32)6-5-7-31-20-22-53(23-21-31)39-19-18-38(50-51-39)43(55)48-34-13-16-35(17-14-34)56-36-15-12-33(25-46)37(45)24-36/h8-12,15,18-19,24,27,31,34-35H,5-7,13-14,16-17,20-23H2,1-4H3,(H,48,55)/t27-,34?,35?/m0/s1. The molecule has 57 heavy (non-hydrogen) atoms. The van der Waals surface area contributed by atoms with Gasteiger partial charge in [-0.15, -0.1) is 31.7 Å². The first-order valence-corrected chi connectivity index (χ1v) is 21.3. The van der Waals surface area contributed by atoms with E-state index in [1.807, 2.05) is 13.0 Å². The third-order valence-electron chi connectivity index (χ3n) is 11.9. The lowest BCUT2D eigenvalue weighted by molar-refractivity contribution is 0.0888. The van der Waals surface area contributed by atoms with Crippen LogP contribution in [0.4, 0.5) is 5.82 Å². The first-order chi connectivity index (χ1) is 27.6. The highest BCUT2D eigenvalue weighted by atomic mass is 35.5. The van der Waals surface area contributed by atoms with E-state index in [4.69, 9.17) is 26.6 Å². The van der Waals surface area contributed by atoms with Crippen molar-refractivity contribution >= 4 is 40.4 Å². The molecule has 1 saturated carbocycles. The zero-order chi connectivity index (χ0) is 39.6. The highest BCUT2D eigenvalue weighted by molar-refractivity contribution is 7.15. The fourth-order valence-corrected chi connectivity index (χ4v) is 9.83. The van der Waals surface area contributed by atoms with Crippen molar-refractivity contribution in [3.8, 4) is 16.8 Å². The third kappa shape index (κ3) is 8.32. The van der Waals surface area contributed by atoms with E-state index in [1.54, 1.807) is 35.6 Å². The fraction of sp³-hybridized carbons (Fsp3) is 0.432. The number of carbonyl (C=O) groups is 1. The first kappa shape index (κ1) is 38.7. The third-order valence-corrected chi connectivity index (χ3v) is 13.4. The molecule has 11 nitrogen and oxygen atoms in total. The number of rotatable bonds is 10. The monoisotopic (exact) mass is 801 g/mol. The Labute approximate surface area is 343 Å². The van der Waals surface area contributed by atoms with Crippen LogP contribution in [-0.2, 0) is 6.42 Å². The van der Waals surface area contributed by atoms with Crippen molar-refractivity contribution in [1.82, 2.24) is 30.3 Å². The van der Waals surface area contributed by atoms with Crippen LogP contribution < -0.4 is 15.0 Å². The Kier molecular flexibility index (Phi) is 11.4. The van der Waals surface area contributed by atoms with Crippen LogP contribution in [0.5, 0.6) is 5.75 Å². The van der Waals surface area contributed by atoms with Gasteiger partial charge in [0.2, 0.25) is 0 Å². The van der Waals surface area contributed by atoms with Gasteiger partial charge in [-0.2, -0.15) is 5.26 Å². The number of hydrogen-bond acceptors (Lipinski definition) is 10. The quantitative estimate of drug-likeness (QED) is 0.148. The number of aryl methyl sites for hydroxylation is 3. The number of benzene rings is 2. The average Bonchev–Trinajstić information content (AvgIpc) is 3.71. The predicted molar refractivity (Wildman–Crippen MR) is 224 cm³/mol. The lowest BCUT2D eigenvalue weighted by Crippen LogP contribution is -2.40. The summed E-state index contributed by atoms with van der Waals surface area (Å²) >= 11 is 7.95. The van der Waals surface area contributed by atoms with Crippen LogP contribution in [-0.4, -0.2) is 61.8 Å². The average molecular weight is 802 g/mol. The molecule has 1 N–H and O–H groups in total. The molecule has 1 atom stereocenters. The summed E-state index contributed by atoms with van der Waals surface area (Å²) in [5.74, 6) is 3.77. The van der Waals surface area contributed by atoms with Gasteiger partial charge in [0.05, 0.1) is 22.4 Å². The number of thiophene rings is 1. The molecule has 0 spiro atoms. The van der Waals surface area contributed by atoms with Gasteiger partial charge in [0.25, 0.3) is 5.91 Å². The Morgan fingerprint density at radius 3 is 2.44 bits per heavy atom. The van der Waals surface area contributed by atoms with E-state index in [1.165, 1.54) is 33.0 Å². The summed E-state index contributed by atoms with van der Waals surface area (Å²) in [6.45, 7) is 10.4. The molecule has 294 valence electrons. The molecular formula is C44H48ClN9O2S. The summed E-state index contributed by atoms with van der Waals surface area (Å²) in [7, 11) is 0. The Bertz CT molecular complexity index is 2310. The number of halogens is 1. The summed E-state index contributed by atoms with van der Waals surface area (Å²) in [6, 6.07) is 19.9. The summed E-state index contributed by atoms with van der Waals surface area (Å²) in [5, 5.41) is 31.4. The molecule has 5 heterocycles. The fourth-order valence-electron chi connectivity index (χ4n) is 8.41. The van der Waals surface area contributed by atoms with Crippen LogP contribution in [0.3, 0.4) is 0 Å². The van der Waals surface area contributed by atoms with Gasteiger partial charge in [-0.3, -0.25) is 14.4 Å². The number of hydrogen-bond donors (Lipinski definition) is 1. The number of nitrogens with zero attached hydrogens (tertiary/aromatic N) is 8. The molecule has 13 heteroatoms. The zero-order valence-electron chi connectivity index (χ0n) is 33.0. The molecule has 1 amide bonds. The number of nitriles is 1. The molecule has 2 aliphatic heterocycles. The normalized spacial score (nSPS) is 19.5. The number of amides is 1. The van der Waals surface area contributed by atoms with Gasteiger partial charge < -0.3 is 15.0 Å². The maximum Gasteiger partial charge on any atom is 0.272 e. The van der Waals surface area contributed by atoms with Gasteiger partial charge in [0.15, 0.2) is 17.3 Å². The zero-order valence-corrected chi connectivity index (χ0v) is 34.5. The molecule has 5 aromatic rings. The number of piperidine rings is 1. The van der Waals surface area contributed by atoms with E-state index in [-0.39, 0.29) is 24.1 Å². The molecule has 3 aromatic heterocycles. The SMILES string of the molecule is Cc1sc2c(c1C)C(c1ccc(CCCC3CCN(c4ccc(C(=O)NC5CCC(Oc6ccc(C#N)c(Cl)c6)CC5)nn4)CC3)cc1)=N[C@@H](C)c1nnc(C)n1-2. The van der Waals surface area contributed by atoms with Crippen LogP contribution in [0.2, 0.25) is 5.02 Å². The number of ether oxygens (including phenoxy) is 1. The Balaban J connectivity index is 0.774. The number of nitrogens with one attached hydrogen (secondary N) is 1. The second-order valence-electron chi connectivity index (χ2n) is 15.7. The van der Waals surface area contributed by atoms with Crippen molar-refractivity contribution in [2.24, 2.45) is 10.9 Å². The van der Waals surface area contributed by atoms with Crippen molar-refractivity contribution in [2.45, 2.75) is 104 Å². The molecule has 0 unspecified atom stereocenters. The smallest absolute Gasteiger partial charge is 0.272 e. The predicted octanol–water partition coefficient (Wildman–Crippen LogP) is 8.84. The summed E-state index contributed by atoms with van der Waals surface area (Å²) < 4.78 is 8.28. The minimum absolute atomic E-state index is 0.0424. The minimum atomic E-state index is -0.193. The summed E-state index contributed by atoms with van der Waals surface area (Å²) in [5.41, 5.74) is 6.78. The maximum absolute atomic E-state index is 13.0. The van der Waals surface area contributed by atoms with Gasteiger partial charge in [-0.1, -0.05) is 35.9 Å². The van der Waals surface area contributed by atoms with Crippen LogP contribution in [0.15, 0.2) is 59.6 Å². The van der Waals surface area contributed by atoms with Gasteiger partial charge >= 0.3 is 0 Å². The Morgan fingerprint density at radius 2 is 1.74 bits per heavy atom. The van der Waals surface area contributed by atoms with E-state index in [0.29, 0.717) is 27.9 Å². The van der Waals surface area contributed by atoms with Crippen LogP contribution in [0.1, 0.15) is 119 Å². The Hall–Kier alpha value is -5.12. The van der Waals surface area contributed by atoms with E-state index in [0.717, 1.165) is 93.2 Å². The van der Waals surface area contributed by atoms with Gasteiger partial charge in [-0.25, -0.2) is 0 Å². The first-order valence-electron chi connectivity index (χ1n) is 20.1. The van der Waals surface area contributed by atoms with Crippen molar-refractivity contribution < 1.29 is 9.53 Å². The molecule has 0 bridgehead atoms. The lowest BCUT2D eigenvalue weighted by atomic mass is 9.90. The van der Waals surface area contributed by atoms with Crippen LogP contribution >= 0.6 is 22.9 Å². The van der Waals surface area contributed by atoms with Crippen molar-refractivity contribution in [2.75, 3.05) is 18.0 Å². The van der Waals surface area contributed by atoms with Gasteiger partial charge in [0, 0.05) is 41.2 Å². The molecule has 0 radical (unpaired) electrons. The molecule has 1 aliphatic carbocycles. The van der Waals surface area contributed by atoms with Gasteiger partial charge in [-0.05, 0) is 127 Å².